The second kappa shape index (κ2) is 6.99. The Labute approximate surface area is 125 Å². The van der Waals surface area contributed by atoms with Crippen LogP contribution in [0.3, 0.4) is 0 Å². The molecule has 0 aliphatic heterocycles. The molecule has 0 unspecified atom stereocenters. The minimum Gasteiger partial charge on any atom is -0.455 e. The Morgan fingerprint density at radius 2 is 2.14 bits per heavy atom. The zero-order chi connectivity index (χ0) is 15.2. The highest BCUT2D eigenvalue weighted by atomic mass is 32.1. The minimum atomic E-state index is -0.502. The summed E-state index contributed by atoms with van der Waals surface area (Å²) < 4.78 is 18.2. The molecule has 1 N–H and O–H groups in total. The Hall–Kier alpha value is -2.21. The maximum atomic E-state index is 13.3. The van der Waals surface area contributed by atoms with E-state index >= 15 is 0 Å². The van der Waals surface area contributed by atoms with Gasteiger partial charge < -0.3 is 10.1 Å². The van der Waals surface area contributed by atoms with Gasteiger partial charge in [0.05, 0.1) is 6.42 Å². The lowest BCUT2D eigenvalue weighted by Gasteiger charge is -2.07. The first-order valence-corrected chi connectivity index (χ1v) is 7.16. The summed E-state index contributed by atoms with van der Waals surface area (Å²) in [6.07, 6.45) is 0.143. The average Bonchev–Trinajstić information content (AvgIpc) is 2.93. The fourth-order valence-corrected chi connectivity index (χ4v) is 2.31. The first-order chi connectivity index (χ1) is 10.0. The molecule has 1 aromatic carbocycles. The molecule has 0 radical (unpaired) electrons. The van der Waals surface area contributed by atoms with Gasteiger partial charge in [0, 0.05) is 10.6 Å². The summed E-state index contributed by atoms with van der Waals surface area (Å²) in [5, 5.41) is 4.33. The van der Waals surface area contributed by atoms with Crippen LogP contribution in [0, 0.1) is 12.7 Å². The number of aryl methyl sites for hydroxylation is 1. The molecule has 1 heterocycles. The SMILES string of the molecule is Cc1ccc(NC(=O)COC(=O)Cc2cccs2)cc1F. The van der Waals surface area contributed by atoms with Crippen LogP contribution in [0.4, 0.5) is 10.1 Å². The zero-order valence-electron chi connectivity index (χ0n) is 11.4. The van der Waals surface area contributed by atoms with E-state index in [1.807, 2.05) is 17.5 Å². The number of carbonyl (C=O) groups is 2. The second-order valence-corrected chi connectivity index (χ2v) is 5.46. The van der Waals surface area contributed by atoms with Gasteiger partial charge in [0.1, 0.15) is 5.82 Å². The molecular weight excluding hydrogens is 293 g/mol. The van der Waals surface area contributed by atoms with Gasteiger partial charge >= 0.3 is 5.97 Å². The molecule has 0 spiro atoms. The number of thiophene rings is 1. The van der Waals surface area contributed by atoms with Crippen molar-refractivity contribution < 1.29 is 18.7 Å². The highest BCUT2D eigenvalue weighted by molar-refractivity contribution is 7.10. The van der Waals surface area contributed by atoms with Crippen LogP contribution in [0.1, 0.15) is 10.4 Å². The summed E-state index contributed by atoms with van der Waals surface area (Å²) in [5.74, 6) is -1.37. The van der Waals surface area contributed by atoms with Gasteiger partial charge in [-0.3, -0.25) is 9.59 Å². The van der Waals surface area contributed by atoms with Crippen molar-refractivity contribution in [2.24, 2.45) is 0 Å². The molecule has 2 aromatic rings. The number of hydrogen-bond donors (Lipinski definition) is 1. The largest absolute Gasteiger partial charge is 0.455 e. The third kappa shape index (κ3) is 4.68. The number of nitrogens with one attached hydrogen (secondary N) is 1. The number of halogens is 1. The zero-order valence-corrected chi connectivity index (χ0v) is 12.2. The number of esters is 1. The second-order valence-electron chi connectivity index (χ2n) is 4.43. The number of hydrogen-bond acceptors (Lipinski definition) is 4. The van der Waals surface area contributed by atoms with Gasteiger partial charge in [0.2, 0.25) is 0 Å². The summed E-state index contributed by atoms with van der Waals surface area (Å²) in [7, 11) is 0. The lowest BCUT2D eigenvalue weighted by atomic mass is 10.2. The maximum absolute atomic E-state index is 13.3. The van der Waals surface area contributed by atoms with Crippen molar-refractivity contribution >= 4 is 28.9 Å². The van der Waals surface area contributed by atoms with Crippen molar-refractivity contribution in [3.63, 3.8) is 0 Å². The maximum Gasteiger partial charge on any atom is 0.311 e. The van der Waals surface area contributed by atoms with Crippen molar-refractivity contribution in [3.05, 3.63) is 52.0 Å². The van der Waals surface area contributed by atoms with Gasteiger partial charge in [-0.15, -0.1) is 11.3 Å². The molecule has 0 aliphatic rings. The number of ether oxygens (including phenoxy) is 1. The number of carbonyl (C=O) groups excluding carboxylic acids is 2. The van der Waals surface area contributed by atoms with Crippen molar-refractivity contribution in [1.29, 1.82) is 0 Å². The predicted octanol–water partition coefficient (Wildman–Crippen LogP) is 2.92. The number of anilines is 1. The molecular formula is C15H14FNO3S. The summed E-state index contributed by atoms with van der Waals surface area (Å²) in [6, 6.07) is 8.03. The lowest BCUT2D eigenvalue weighted by molar-refractivity contribution is -0.146. The molecule has 0 saturated carbocycles. The quantitative estimate of drug-likeness (QED) is 0.864. The van der Waals surface area contributed by atoms with E-state index in [9.17, 15) is 14.0 Å². The van der Waals surface area contributed by atoms with Crippen LogP contribution in [0.2, 0.25) is 0 Å². The van der Waals surface area contributed by atoms with Gasteiger partial charge in [-0.25, -0.2) is 4.39 Å². The van der Waals surface area contributed by atoms with Gasteiger partial charge in [-0.05, 0) is 36.1 Å². The van der Waals surface area contributed by atoms with E-state index in [1.165, 1.54) is 17.4 Å². The standard InChI is InChI=1S/C15H14FNO3S/c1-10-4-5-11(7-13(10)16)17-14(18)9-20-15(19)8-12-3-2-6-21-12/h2-7H,8-9H2,1H3,(H,17,18). The lowest BCUT2D eigenvalue weighted by Crippen LogP contribution is -2.21. The highest BCUT2D eigenvalue weighted by Crippen LogP contribution is 2.13. The predicted molar refractivity (Wildman–Crippen MR) is 78.7 cm³/mol. The number of amides is 1. The van der Waals surface area contributed by atoms with Gasteiger partial charge in [0.25, 0.3) is 5.91 Å². The first-order valence-electron chi connectivity index (χ1n) is 6.28. The Morgan fingerprint density at radius 1 is 1.33 bits per heavy atom. The Kier molecular flexibility index (Phi) is 5.05. The molecule has 110 valence electrons. The summed E-state index contributed by atoms with van der Waals surface area (Å²) in [4.78, 5) is 24.0. The molecule has 0 fully saturated rings. The van der Waals surface area contributed by atoms with E-state index in [-0.39, 0.29) is 13.0 Å². The Balaban J connectivity index is 1.79. The van der Waals surface area contributed by atoms with Crippen LogP contribution < -0.4 is 5.32 Å². The van der Waals surface area contributed by atoms with E-state index in [4.69, 9.17) is 4.74 Å². The van der Waals surface area contributed by atoms with E-state index in [0.29, 0.717) is 11.3 Å². The number of benzene rings is 1. The minimum absolute atomic E-state index is 0.143. The fourth-order valence-electron chi connectivity index (χ4n) is 1.62. The summed E-state index contributed by atoms with van der Waals surface area (Å²) in [5.41, 5.74) is 0.827. The number of rotatable bonds is 5. The van der Waals surface area contributed by atoms with Gasteiger partial charge in [0.15, 0.2) is 6.61 Å². The third-order valence-corrected chi connectivity index (χ3v) is 3.59. The van der Waals surface area contributed by atoms with Crippen molar-refractivity contribution in [1.82, 2.24) is 0 Å². The Morgan fingerprint density at radius 3 is 2.81 bits per heavy atom. The molecule has 0 atom stereocenters. The molecule has 6 heteroatoms. The van der Waals surface area contributed by atoms with E-state index in [1.54, 1.807) is 19.1 Å². The van der Waals surface area contributed by atoms with Crippen LogP contribution in [-0.2, 0) is 20.7 Å². The molecule has 1 amide bonds. The highest BCUT2D eigenvalue weighted by Gasteiger charge is 2.10. The third-order valence-electron chi connectivity index (χ3n) is 2.72. The molecule has 2 rings (SSSR count). The topological polar surface area (TPSA) is 55.4 Å². The average molecular weight is 307 g/mol. The molecule has 0 bridgehead atoms. The molecule has 4 nitrogen and oxygen atoms in total. The summed E-state index contributed by atoms with van der Waals surface area (Å²) >= 11 is 1.45. The van der Waals surface area contributed by atoms with Crippen molar-refractivity contribution in [2.75, 3.05) is 11.9 Å². The Bertz CT molecular complexity index is 640. The molecule has 0 saturated heterocycles. The smallest absolute Gasteiger partial charge is 0.311 e. The molecule has 21 heavy (non-hydrogen) atoms. The van der Waals surface area contributed by atoms with E-state index in [2.05, 4.69) is 5.32 Å². The van der Waals surface area contributed by atoms with Crippen LogP contribution in [-0.4, -0.2) is 18.5 Å². The van der Waals surface area contributed by atoms with Gasteiger partial charge in [-0.2, -0.15) is 0 Å². The summed E-state index contributed by atoms with van der Waals surface area (Å²) in [6.45, 7) is 1.24. The first kappa shape index (κ1) is 15.2. The molecule has 1 aromatic heterocycles. The fraction of sp³-hybridized carbons (Fsp3) is 0.200. The van der Waals surface area contributed by atoms with Crippen molar-refractivity contribution in [2.45, 2.75) is 13.3 Å². The van der Waals surface area contributed by atoms with Crippen LogP contribution >= 0.6 is 11.3 Å². The normalized spacial score (nSPS) is 10.2. The van der Waals surface area contributed by atoms with Crippen LogP contribution in [0.25, 0.3) is 0 Å². The van der Waals surface area contributed by atoms with E-state index in [0.717, 1.165) is 4.88 Å². The van der Waals surface area contributed by atoms with E-state index < -0.39 is 17.7 Å². The van der Waals surface area contributed by atoms with Crippen LogP contribution in [0.5, 0.6) is 0 Å². The van der Waals surface area contributed by atoms with Gasteiger partial charge in [-0.1, -0.05) is 12.1 Å². The molecule has 0 aliphatic carbocycles. The van der Waals surface area contributed by atoms with Crippen LogP contribution in [0.15, 0.2) is 35.7 Å². The van der Waals surface area contributed by atoms with Crippen molar-refractivity contribution in [3.8, 4) is 0 Å². The monoisotopic (exact) mass is 307 g/mol.